The SMILES string of the molecule is CC(=O)c1ccc(Cn2cc(C(=O)C=C(O)c3nc[nH]n3)cn2)cc1. The standard InChI is InChI=1S/C17H15N5O3/c1-11(23)13-4-2-12(3-5-13)8-22-9-14(7-20-22)15(24)6-16(25)17-18-10-19-21-17/h2-7,9-10,25H,8H2,1H3,(H,18,19,21). The number of H-pyrrole nitrogens is 1. The van der Waals surface area contributed by atoms with Crippen LogP contribution in [0.15, 0.2) is 49.1 Å². The lowest BCUT2D eigenvalue weighted by molar-refractivity contribution is 0.101. The number of aliphatic hydroxyl groups excluding tert-OH is 1. The smallest absolute Gasteiger partial charge is 0.215 e. The Morgan fingerprint density at radius 2 is 2.00 bits per heavy atom. The van der Waals surface area contributed by atoms with Crippen molar-refractivity contribution in [1.82, 2.24) is 25.0 Å². The predicted octanol–water partition coefficient (Wildman–Crippen LogP) is 2.03. The first-order valence-corrected chi connectivity index (χ1v) is 7.46. The highest BCUT2D eigenvalue weighted by atomic mass is 16.3. The first kappa shape index (κ1) is 16.3. The van der Waals surface area contributed by atoms with Crippen molar-refractivity contribution >= 4 is 17.3 Å². The van der Waals surface area contributed by atoms with Gasteiger partial charge in [0.1, 0.15) is 6.33 Å². The minimum Gasteiger partial charge on any atom is -0.504 e. The van der Waals surface area contributed by atoms with E-state index in [1.165, 1.54) is 19.4 Å². The van der Waals surface area contributed by atoms with Crippen LogP contribution < -0.4 is 0 Å². The molecule has 0 unspecified atom stereocenters. The quantitative estimate of drug-likeness (QED) is 0.404. The highest BCUT2D eigenvalue weighted by Gasteiger charge is 2.11. The monoisotopic (exact) mass is 337 g/mol. The van der Waals surface area contributed by atoms with Gasteiger partial charge in [0, 0.05) is 17.8 Å². The third-order valence-electron chi connectivity index (χ3n) is 3.53. The fourth-order valence-corrected chi connectivity index (χ4v) is 2.21. The molecule has 0 fully saturated rings. The Bertz CT molecular complexity index is 924. The number of aromatic nitrogens is 5. The van der Waals surface area contributed by atoms with Crippen molar-refractivity contribution in [1.29, 1.82) is 0 Å². The molecule has 0 aliphatic rings. The zero-order chi connectivity index (χ0) is 17.8. The van der Waals surface area contributed by atoms with Gasteiger partial charge in [0.2, 0.25) is 5.82 Å². The maximum atomic E-state index is 12.1. The van der Waals surface area contributed by atoms with Crippen LogP contribution in [0.25, 0.3) is 5.76 Å². The zero-order valence-electron chi connectivity index (χ0n) is 13.4. The number of allylic oxidation sites excluding steroid dienone is 1. The molecule has 0 saturated heterocycles. The molecule has 0 aliphatic heterocycles. The molecule has 25 heavy (non-hydrogen) atoms. The van der Waals surface area contributed by atoms with Crippen molar-refractivity contribution in [3.05, 3.63) is 71.6 Å². The lowest BCUT2D eigenvalue weighted by atomic mass is 10.1. The van der Waals surface area contributed by atoms with E-state index in [4.69, 9.17) is 0 Å². The van der Waals surface area contributed by atoms with Crippen molar-refractivity contribution in [2.75, 3.05) is 0 Å². The predicted molar refractivity (Wildman–Crippen MR) is 89.1 cm³/mol. The summed E-state index contributed by atoms with van der Waals surface area (Å²) in [4.78, 5) is 27.2. The molecule has 0 aliphatic carbocycles. The molecule has 0 saturated carbocycles. The van der Waals surface area contributed by atoms with E-state index >= 15 is 0 Å². The number of benzene rings is 1. The first-order chi connectivity index (χ1) is 12.0. The highest BCUT2D eigenvalue weighted by Crippen LogP contribution is 2.10. The molecule has 3 aromatic rings. The minimum absolute atomic E-state index is 0.0107. The lowest BCUT2D eigenvalue weighted by Crippen LogP contribution is -2.01. The van der Waals surface area contributed by atoms with Crippen molar-refractivity contribution in [2.45, 2.75) is 13.5 Å². The molecule has 0 spiro atoms. The van der Waals surface area contributed by atoms with Gasteiger partial charge in [0.15, 0.2) is 17.3 Å². The van der Waals surface area contributed by atoms with Crippen molar-refractivity contribution < 1.29 is 14.7 Å². The Morgan fingerprint density at radius 1 is 1.24 bits per heavy atom. The lowest BCUT2D eigenvalue weighted by Gasteiger charge is -2.02. The van der Waals surface area contributed by atoms with E-state index in [-0.39, 0.29) is 17.4 Å². The van der Waals surface area contributed by atoms with Gasteiger partial charge in [-0.1, -0.05) is 24.3 Å². The molecule has 2 heterocycles. The Morgan fingerprint density at radius 3 is 2.64 bits per heavy atom. The molecule has 0 amide bonds. The topological polar surface area (TPSA) is 114 Å². The fraction of sp³-hybridized carbons (Fsp3) is 0.118. The Labute approximate surface area is 142 Å². The van der Waals surface area contributed by atoms with Crippen molar-refractivity contribution in [2.24, 2.45) is 0 Å². The second-order valence-corrected chi connectivity index (χ2v) is 5.40. The first-order valence-electron chi connectivity index (χ1n) is 7.46. The van der Waals surface area contributed by atoms with Crippen LogP contribution in [0.5, 0.6) is 0 Å². The van der Waals surface area contributed by atoms with Crippen molar-refractivity contribution in [3.63, 3.8) is 0 Å². The molecular weight excluding hydrogens is 322 g/mol. The summed E-state index contributed by atoms with van der Waals surface area (Å²) < 4.78 is 1.60. The Kier molecular flexibility index (Phi) is 4.51. The summed E-state index contributed by atoms with van der Waals surface area (Å²) in [6.07, 6.45) is 5.36. The van der Waals surface area contributed by atoms with Crippen LogP contribution in [0, 0.1) is 0 Å². The summed E-state index contributed by atoms with van der Waals surface area (Å²) in [6.45, 7) is 1.98. The summed E-state index contributed by atoms with van der Waals surface area (Å²) in [5.41, 5.74) is 1.93. The molecule has 0 radical (unpaired) electrons. The molecule has 2 N–H and O–H groups in total. The number of nitrogens with one attached hydrogen (secondary N) is 1. The zero-order valence-corrected chi connectivity index (χ0v) is 13.4. The highest BCUT2D eigenvalue weighted by molar-refractivity contribution is 6.07. The van der Waals surface area contributed by atoms with E-state index in [1.54, 1.807) is 23.0 Å². The number of aromatic amines is 1. The second kappa shape index (κ2) is 6.91. The number of carbonyl (C=O) groups is 2. The normalized spacial score (nSPS) is 11.5. The van der Waals surface area contributed by atoms with Crippen LogP contribution in [0.3, 0.4) is 0 Å². The number of carbonyl (C=O) groups excluding carboxylic acids is 2. The van der Waals surface area contributed by atoms with Crippen LogP contribution in [-0.4, -0.2) is 41.6 Å². The fourth-order valence-electron chi connectivity index (χ4n) is 2.21. The Balaban J connectivity index is 1.70. The van der Waals surface area contributed by atoms with E-state index in [1.807, 2.05) is 12.1 Å². The van der Waals surface area contributed by atoms with Crippen LogP contribution in [-0.2, 0) is 6.54 Å². The van der Waals surface area contributed by atoms with Gasteiger partial charge < -0.3 is 5.11 Å². The van der Waals surface area contributed by atoms with Gasteiger partial charge in [-0.2, -0.15) is 10.2 Å². The summed E-state index contributed by atoms with van der Waals surface area (Å²) in [5.74, 6) is -0.665. The second-order valence-electron chi connectivity index (χ2n) is 5.40. The average molecular weight is 337 g/mol. The van der Waals surface area contributed by atoms with Crippen LogP contribution in [0.4, 0.5) is 0 Å². The molecule has 8 nitrogen and oxygen atoms in total. The number of Topliss-reactive ketones (excluding diaryl/α,β-unsaturated/α-hetero) is 1. The molecule has 8 heteroatoms. The number of aliphatic hydroxyl groups is 1. The molecule has 1 aromatic carbocycles. The maximum Gasteiger partial charge on any atom is 0.215 e. The summed E-state index contributed by atoms with van der Waals surface area (Å²) in [6, 6.07) is 7.19. The third-order valence-corrected chi connectivity index (χ3v) is 3.53. The van der Waals surface area contributed by atoms with E-state index < -0.39 is 5.78 Å². The number of hydrogen-bond donors (Lipinski definition) is 2. The molecule has 3 rings (SSSR count). The van der Waals surface area contributed by atoms with E-state index in [0.29, 0.717) is 17.7 Å². The minimum atomic E-state index is -0.402. The molecule has 0 bridgehead atoms. The molecule has 126 valence electrons. The average Bonchev–Trinajstić information content (AvgIpc) is 3.27. The van der Waals surface area contributed by atoms with Gasteiger partial charge in [-0.15, -0.1) is 0 Å². The van der Waals surface area contributed by atoms with E-state index in [2.05, 4.69) is 20.3 Å². The van der Waals surface area contributed by atoms with Gasteiger partial charge >= 0.3 is 0 Å². The number of rotatable bonds is 6. The van der Waals surface area contributed by atoms with Gasteiger partial charge in [-0.05, 0) is 12.5 Å². The number of ketones is 2. The number of nitrogens with zero attached hydrogens (tertiary/aromatic N) is 4. The van der Waals surface area contributed by atoms with Crippen LogP contribution in [0.1, 0.15) is 39.0 Å². The van der Waals surface area contributed by atoms with Gasteiger partial charge in [-0.3, -0.25) is 19.4 Å². The summed E-state index contributed by atoms with van der Waals surface area (Å²) in [5, 5.41) is 20.1. The van der Waals surface area contributed by atoms with Gasteiger partial charge in [-0.25, -0.2) is 4.98 Å². The summed E-state index contributed by atoms with van der Waals surface area (Å²) in [7, 11) is 0. The molecular formula is C17H15N5O3. The van der Waals surface area contributed by atoms with Crippen LogP contribution in [0.2, 0.25) is 0 Å². The maximum absolute atomic E-state index is 12.1. The molecule has 2 aromatic heterocycles. The van der Waals surface area contributed by atoms with Crippen molar-refractivity contribution in [3.8, 4) is 0 Å². The largest absolute Gasteiger partial charge is 0.504 e. The van der Waals surface area contributed by atoms with Gasteiger partial charge in [0.25, 0.3) is 0 Å². The van der Waals surface area contributed by atoms with E-state index in [0.717, 1.165) is 11.6 Å². The van der Waals surface area contributed by atoms with E-state index in [9.17, 15) is 14.7 Å². The third kappa shape index (κ3) is 3.86. The molecule has 0 atom stereocenters. The summed E-state index contributed by atoms with van der Waals surface area (Å²) >= 11 is 0. The van der Waals surface area contributed by atoms with Crippen LogP contribution >= 0.6 is 0 Å². The number of hydrogen-bond acceptors (Lipinski definition) is 6. The van der Waals surface area contributed by atoms with Gasteiger partial charge in [0.05, 0.1) is 18.3 Å². The Hall–Kier alpha value is -3.55.